The number of nitrogens with one attached hydrogen (secondary N) is 1. The minimum Gasteiger partial charge on any atom is -0.271 e. The van der Waals surface area contributed by atoms with Crippen molar-refractivity contribution in [1.82, 2.24) is 10.4 Å². The lowest BCUT2D eigenvalue weighted by molar-refractivity contribution is 0.644. The van der Waals surface area contributed by atoms with Crippen molar-refractivity contribution in [2.24, 2.45) is 5.84 Å². The van der Waals surface area contributed by atoms with Gasteiger partial charge in [-0.25, -0.2) is 10.4 Å². The van der Waals surface area contributed by atoms with Crippen LogP contribution in [0.1, 0.15) is 27.2 Å². The molecular formula is C10H13N3S2. The van der Waals surface area contributed by atoms with Gasteiger partial charge in [0.1, 0.15) is 0 Å². The molecule has 1 atom stereocenters. The molecule has 2 aromatic rings. The Labute approximate surface area is 96.9 Å². The van der Waals surface area contributed by atoms with Crippen molar-refractivity contribution in [3.63, 3.8) is 0 Å². The number of rotatable bonds is 3. The van der Waals surface area contributed by atoms with E-state index in [4.69, 9.17) is 5.84 Å². The zero-order valence-electron chi connectivity index (χ0n) is 8.65. The van der Waals surface area contributed by atoms with Gasteiger partial charge in [-0.1, -0.05) is 0 Å². The van der Waals surface area contributed by atoms with E-state index in [0.29, 0.717) is 0 Å². The van der Waals surface area contributed by atoms with E-state index >= 15 is 0 Å². The number of hydrogen-bond donors (Lipinski definition) is 2. The highest BCUT2D eigenvalue weighted by molar-refractivity contribution is 7.11. The largest absolute Gasteiger partial charge is 0.271 e. The fraction of sp³-hybridized carbons (Fsp3) is 0.300. The van der Waals surface area contributed by atoms with Gasteiger partial charge in [-0.15, -0.1) is 11.3 Å². The molecule has 0 amide bonds. The van der Waals surface area contributed by atoms with Crippen LogP contribution in [-0.4, -0.2) is 4.98 Å². The van der Waals surface area contributed by atoms with Crippen LogP contribution >= 0.6 is 22.7 Å². The van der Waals surface area contributed by atoms with Crippen molar-refractivity contribution in [3.05, 3.63) is 38.0 Å². The molecule has 80 valence electrons. The van der Waals surface area contributed by atoms with Gasteiger partial charge < -0.3 is 0 Å². The maximum absolute atomic E-state index is 5.61. The van der Waals surface area contributed by atoms with E-state index in [9.17, 15) is 0 Å². The van der Waals surface area contributed by atoms with Crippen molar-refractivity contribution in [2.75, 3.05) is 0 Å². The molecule has 0 radical (unpaired) electrons. The Hall–Kier alpha value is -0.750. The molecule has 2 rings (SSSR count). The van der Waals surface area contributed by atoms with E-state index in [1.807, 2.05) is 13.8 Å². The molecular weight excluding hydrogens is 226 g/mol. The van der Waals surface area contributed by atoms with E-state index in [0.717, 1.165) is 10.7 Å². The molecule has 0 aliphatic heterocycles. The average molecular weight is 239 g/mol. The van der Waals surface area contributed by atoms with Crippen LogP contribution < -0.4 is 11.3 Å². The van der Waals surface area contributed by atoms with Gasteiger partial charge in [0.05, 0.1) is 21.6 Å². The summed E-state index contributed by atoms with van der Waals surface area (Å²) in [4.78, 5) is 5.62. The van der Waals surface area contributed by atoms with E-state index in [2.05, 4.69) is 27.2 Å². The summed E-state index contributed by atoms with van der Waals surface area (Å²) in [6, 6.07) is 2.16. The Balaban J connectivity index is 2.39. The molecule has 0 saturated carbocycles. The molecule has 0 aliphatic carbocycles. The summed E-state index contributed by atoms with van der Waals surface area (Å²) in [6.45, 7) is 4.04. The second-order valence-corrected chi connectivity index (χ2v) is 5.35. The number of thiophene rings is 1. The highest BCUT2D eigenvalue weighted by Gasteiger charge is 2.18. The molecule has 0 aromatic carbocycles. The first kappa shape index (κ1) is 10.8. The smallest absolute Gasteiger partial charge is 0.0900 e. The predicted molar refractivity (Wildman–Crippen MR) is 65.1 cm³/mol. The number of hydrazine groups is 1. The van der Waals surface area contributed by atoms with Crippen LogP contribution in [0.25, 0.3) is 0 Å². The van der Waals surface area contributed by atoms with Crippen molar-refractivity contribution < 1.29 is 0 Å². The fourth-order valence-corrected chi connectivity index (χ4v) is 3.28. The van der Waals surface area contributed by atoms with Crippen molar-refractivity contribution in [3.8, 4) is 0 Å². The minimum absolute atomic E-state index is 0.0717. The van der Waals surface area contributed by atoms with E-state index in [1.165, 1.54) is 10.4 Å². The van der Waals surface area contributed by atoms with Gasteiger partial charge in [-0.3, -0.25) is 5.84 Å². The van der Waals surface area contributed by atoms with Gasteiger partial charge in [0.25, 0.3) is 0 Å². The number of thiazole rings is 1. The van der Waals surface area contributed by atoms with Crippen molar-refractivity contribution >= 4 is 22.7 Å². The number of nitrogens with two attached hydrogens (primary N) is 1. The Morgan fingerprint density at radius 2 is 2.27 bits per heavy atom. The Bertz CT molecular complexity index is 433. The summed E-state index contributed by atoms with van der Waals surface area (Å²) in [5.41, 5.74) is 5.12. The average Bonchev–Trinajstić information content (AvgIpc) is 2.79. The Kier molecular flexibility index (Phi) is 3.16. The van der Waals surface area contributed by atoms with Crippen LogP contribution in [0.5, 0.6) is 0 Å². The van der Waals surface area contributed by atoms with Gasteiger partial charge in [-0.05, 0) is 36.2 Å². The maximum atomic E-state index is 5.61. The summed E-state index contributed by atoms with van der Waals surface area (Å²) in [7, 11) is 0. The number of nitrogens with zero attached hydrogens (tertiary/aromatic N) is 1. The molecule has 3 N–H and O–H groups in total. The summed E-state index contributed by atoms with van der Waals surface area (Å²) in [6.07, 6.45) is 0. The lowest BCUT2D eigenvalue weighted by Crippen LogP contribution is -2.28. The predicted octanol–water partition coefficient (Wildman–Crippen LogP) is 2.37. The van der Waals surface area contributed by atoms with Crippen LogP contribution in [0.3, 0.4) is 0 Å². The molecule has 0 bridgehead atoms. The van der Waals surface area contributed by atoms with Gasteiger partial charge in [0, 0.05) is 0 Å². The van der Waals surface area contributed by atoms with Crippen LogP contribution in [0.15, 0.2) is 16.8 Å². The standard InChI is InChI=1S/C10H13N3S2/c1-6-10(15-7(2)12-6)9(13-11)8-3-4-14-5-8/h3-5,9,13H,11H2,1-2H3. The van der Waals surface area contributed by atoms with Crippen molar-refractivity contribution in [1.29, 1.82) is 0 Å². The zero-order chi connectivity index (χ0) is 10.8. The molecule has 0 aliphatic rings. The minimum atomic E-state index is 0.0717. The zero-order valence-corrected chi connectivity index (χ0v) is 10.3. The van der Waals surface area contributed by atoms with Crippen LogP contribution in [0.4, 0.5) is 0 Å². The first-order valence-electron chi connectivity index (χ1n) is 4.64. The summed E-state index contributed by atoms with van der Waals surface area (Å²) in [5.74, 6) is 5.61. The molecule has 0 spiro atoms. The van der Waals surface area contributed by atoms with Gasteiger partial charge in [0.15, 0.2) is 0 Å². The first-order chi connectivity index (χ1) is 7.22. The Morgan fingerprint density at radius 1 is 1.47 bits per heavy atom. The highest BCUT2D eigenvalue weighted by Crippen LogP contribution is 2.30. The van der Waals surface area contributed by atoms with E-state index in [-0.39, 0.29) is 6.04 Å². The molecule has 0 saturated heterocycles. The van der Waals surface area contributed by atoms with Gasteiger partial charge in [-0.2, -0.15) is 11.3 Å². The fourth-order valence-electron chi connectivity index (χ4n) is 1.58. The SMILES string of the molecule is Cc1nc(C)c(C(NN)c2ccsc2)s1. The van der Waals surface area contributed by atoms with Crippen LogP contribution in [0, 0.1) is 13.8 Å². The van der Waals surface area contributed by atoms with Gasteiger partial charge >= 0.3 is 0 Å². The van der Waals surface area contributed by atoms with E-state index in [1.54, 1.807) is 22.7 Å². The molecule has 2 heterocycles. The number of hydrogen-bond acceptors (Lipinski definition) is 5. The topological polar surface area (TPSA) is 50.9 Å². The molecule has 2 aromatic heterocycles. The molecule has 0 fully saturated rings. The van der Waals surface area contributed by atoms with Crippen molar-refractivity contribution in [2.45, 2.75) is 19.9 Å². The number of aryl methyl sites for hydroxylation is 2. The van der Waals surface area contributed by atoms with Crippen LogP contribution in [0.2, 0.25) is 0 Å². The molecule has 5 heteroatoms. The second kappa shape index (κ2) is 4.40. The lowest BCUT2D eigenvalue weighted by Gasteiger charge is -2.13. The Morgan fingerprint density at radius 3 is 2.73 bits per heavy atom. The third kappa shape index (κ3) is 2.10. The summed E-state index contributed by atoms with van der Waals surface area (Å²) >= 11 is 3.38. The number of aromatic nitrogens is 1. The highest BCUT2D eigenvalue weighted by atomic mass is 32.1. The third-order valence-electron chi connectivity index (χ3n) is 2.24. The summed E-state index contributed by atoms with van der Waals surface area (Å²) < 4.78 is 0. The third-order valence-corrected chi connectivity index (χ3v) is 4.08. The van der Waals surface area contributed by atoms with Crippen LogP contribution in [-0.2, 0) is 0 Å². The quantitative estimate of drug-likeness (QED) is 0.638. The van der Waals surface area contributed by atoms with E-state index < -0.39 is 0 Å². The second-order valence-electron chi connectivity index (χ2n) is 3.34. The summed E-state index contributed by atoms with van der Waals surface area (Å²) in [5, 5.41) is 5.25. The molecule has 1 unspecified atom stereocenters. The normalized spacial score (nSPS) is 13.0. The van der Waals surface area contributed by atoms with Gasteiger partial charge in [0.2, 0.25) is 0 Å². The molecule has 3 nitrogen and oxygen atoms in total. The lowest BCUT2D eigenvalue weighted by atomic mass is 10.1. The maximum Gasteiger partial charge on any atom is 0.0900 e. The first-order valence-corrected chi connectivity index (χ1v) is 6.40. The monoisotopic (exact) mass is 239 g/mol. The molecule has 15 heavy (non-hydrogen) atoms.